The molecule has 2 saturated heterocycles. The van der Waals surface area contributed by atoms with Gasteiger partial charge in [0.05, 0.1) is 22.4 Å². The van der Waals surface area contributed by atoms with Crippen molar-refractivity contribution in [3.8, 4) is 0 Å². The van der Waals surface area contributed by atoms with Crippen LogP contribution in [0.1, 0.15) is 68.2 Å². The Labute approximate surface area is 171 Å². The lowest BCUT2D eigenvalue weighted by atomic mass is 9.51. The Hall–Kier alpha value is -0.290. The average molecular weight is 386 g/mol. The highest BCUT2D eigenvalue weighted by molar-refractivity contribution is 6.55. The number of hydrogen-bond donors (Lipinski definition) is 0. The van der Waals surface area contributed by atoms with Gasteiger partial charge < -0.3 is 18.6 Å². The third kappa shape index (κ3) is 2.53. The summed E-state index contributed by atoms with van der Waals surface area (Å²) >= 11 is 0. The Bertz CT molecular complexity index is 669. The van der Waals surface area contributed by atoms with Crippen LogP contribution in [0.4, 0.5) is 0 Å². The van der Waals surface area contributed by atoms with Crippen LogP contribution in [-0.2, 0) is 18.6 Å². The molecule has 5 aliphatic rings. The second kappa shape index (κ2) is 5.69. The van der Waals surface area contributed by atoms with Crippen molar-refractivity contribution in [3.63, 3.8) is 0 Å². The molecular weight excluding hydrogens is 350 g/mol. The van der Waals surface area contributed by atoms with E-state index in [1.165, 1.54) is 6.42 Å². The molecule has 6 unspecified atom stereocenters. The monoisotopic (exact) mass is 386 g/mol. The molecule has 28 heavy (non-hydrogen) atoms. The molecular formula is C22H36B2O4. The summed E-state index contributed by atoms with van der Waals surface area (Å²) in [6.07, 6.45) is 7.37. The standard InChI is InChI=1S/C22H36B2O4/c1-19(2)20(3,4)26-23(25-19)16-12-15-13-9-10-14(11-13)17(15)18(16)24-27-21(5,6)22(7,8)28-24/h9-10,13-18H,11-12H2,1-8H3. The van der Waals surface area contributed by atoms with Crippen LogP contribution in [0.5, 0.6) is 0 Å². The largest absolute Gasteiger partial charge is 0.461 e. The van der Waals surface area contributed by atoms with Gasteiger partial charge in [-0.1, -0.05) is 12.2 Å². The Morgan fingerprint density at radius 1 is 0.643 bits per heavy atom. The van der Waals surface area contributed by atoms with Gasteiger partial charge in [0, 0.05) is 0 Å². The van der Waals surface area contributed by atoms with E-state index in [0.717, 1.165) is 6.42 Å². The van der Waals surface area contributed by atoms with Crippen LogP contribution in [0.2, 0.25) is 11.6 Å². The van der Waals surface area contributed by atoms with Gasteiger partial charge in [-0.2, -0.15) is 0 Å². The molecule has 6 atom stereocenters. The molecule has 3 aliphatic carbocycles. The molecule has 0 spiro atoms. The maximum absolute atomic E-state index is 6.60. The second-order valence-electron chi connectivity index (χ2n) is 11.9. The van der Waals surface area contributed by atoms with Crippen molar-refractivity contribution in [1.29, 1.82) is 0 Å². The van der Waals surface area contributed by atoms with Crippen LogP contribution in [-0.4, -0.2) is 36.6 Å². The van der Waals surface area contributed by atoms with Crippen LogP contribution < -0.4 is 0 Å². The summed E-state index contributed by atoms with van der Waals surface area (Å²) in [5.41, 5.74) is -1.20. The molecule has 4 fully saturated rings. The first kappa shape index (κ1) is 19.7. The van der Waals surface area contributed by atoms with Crippen LogP contribution in [0.25, 0.3) is 0 Å². The zero-order valence-electron chi connectivity index (χ0n) is 18.8. The van der Waals surface area contributed by atoms with Gasteiger partial charge in [-0.25, -0.2) is 0 Å². The quantitative estimate of drug-likeness (QED) is 0.507. The molecule has 0 radical (unpaired) electrons. The van der Waals surface area contributed by atoms with Gasteiger partial charge in [0.15, 0.2) is 0 Å². The highest BCUT2D eigenvalue weighted by Crippen LogP contribution is 2.67. The minimum absolute atomic E-state index is 0.181. The molecule has 2 heterocycles. The Morgan fingerprint density at radius 3 is 1.64 bits per heavy atom. The normalized spacial score (nSPS) is 46.6. The molecule has 4 nitrogen and oxygen atoms in total. The summed E-state index contributed by atoms with van der Waals surface area (Å²) < 4.78 is 26.3. The van der Waals surface area contributed by atoms with Crippen LogP contribution in [0.3, 0.4) is 0 Å². The third-order valence-corrected chi connectivity index (χ3v) is 9.38. The highest BCUT2D eigenvalue weighted by Gasteiger charge is 2.68. The van der Waals surface area contributed by atoms with Gasteiger partial charge in [0.2, 0.25) is 0 Å². The fourth-order valence-corrected chi connectivity index (χ4v) is 6.41. The van der Waals surface area contributed by atoms with Crippen molar-refractivity contribution >= 4 is 14.2 Å². The average Bonchev–Trinajstić information content (AvgIpc) is 3.28. The number of allylic oxidation sites excluding steroid dienone is 2. The molecule has 0 aromatic heterocycles. The summed E-state index contributed by atoms with van der Waals surface area (Å²) in [7, 11) is -0.365. The van der Waals surface area contributed by atoms with E-state index in [0.29, 0.717) is 35.3 Å². The van der Waals surface area contributed by atoms with E-state index in [1.807, 2.05) is 0 Å². The summed E-state index contributed by atoms with van der Waals surface area (Å²) in [4.78, 5) is 0. The zero-order valence-corrected chi connectivity index (χ0v) is 18.8. The van der Waals surface area contributed by atoms with E-state index in [9.17, 15) is 0 Å². The summed E-state index contributed by atoms with van der Waals surface area (Å²) in [6.45, 7) is 17.2. The minimum Gasteiger partial charge on any atom is -0.403 e. The molecule has 2 bridgehead atoms. The van der Waals surface area contributed by atoms with Gasteiger partial charge in [0.25, 0.3) is 0 Å². The lowest BCUT2D eigenvalue weighted by Gasteiger charge is -2.32. The topological polar surface area (TPSA) is 36.9 Å². The van der Waals surface area contributed by atoms with Crippen molar-refractivity contribution < 1.29 is 18.6 Å². The van der Waals surface area contributed by atoms with E-state index in [2.05, 4.69) is 67.5 Å². The summed E-state index contributed by atoms with van der Waals surface area (Å²) in [6, 6.07) is 0. The highest BCUT2D eigenvalue weighted by atomic mass is 16.7. The smallest absolute Gasteiger partial charge is 0.403 e. The number of rotatable bonds is 2. The van der Waals surface area contributed by atoms with E-state index >= 15 is 0 Å². The predicted octanol–water partition coefficient (Wildman–Crippen LogP) is 4.75. The Kier molecular flexibility index (Phi) is 3.99. The fourth-order valence-electron chi connectivity index (χ4n) is 6.41. The van der Waals surface area contributed by atoms with E-state index in [1.54, 1.807) is 0 Å². The molecule has 2 saturated carbocycles. The number of fused-ring (bicyclic) bond motifs is 5. The van der Waals surface area contributed by atoms with Crippen molar-refractivity contribution in [2.75, 3.05) is 0 Å². The molecule has 0 aromatic rings. The van der Waals surface area contributed by atoms with E-state index in [-0.39, 0.29) is 36.6 Å². The van der Waals surface area contributed by atoms with Crippen molar-refractivity contribution in [3.05, 3.63) is 12.2 Å². The van der Waals surface area contributed by atoms with Crippen LogP contribution >= 0.6 is 0 Å². The molecule has 0 N–H and O–H groups in total. The lowest BCUT2D eigenvalue weighted by Crippen LogP contribution is -2.41. The van der Waals surface area contributed by atoms with E-state index in [4.69, 9.17) is 18.6 Å². The Morgan fingerprint density at radius 2 is 1.11 bits per heavy atom. The van der Waals surface area contributed by atoms with Gasteiger partial charge in [0.1, 0.15) is 0 Å². The van der Waals surface area contributed by atoms with Crippen molar-refractivity contribution in [2.45, 2.75) is 102 Å². The molecule has 154 valence electrons. The zero-order chi connectivity index (χ0) is 20.3. The third-order valence-electron chi connectivity index (χ3n) is 9.38. The first-order chi connectivity index (χ1) is 12.8. The SMILES string of the molecule is CC1(C)OB(C2CC3C4C=CC(C4)C3C2B2OC(C)(C)C(C)(C)O2)OC1(C)C. The number of hydrogen-bond acceptors (Lipinski definition) is 4. The Balaban J connectivity index is 1.48. The minimum atomic E-state index is -0.302. The van der Waals surface area contributed by atoms with Gasteiger partial charge in [-0.05, 0) is 104 Å². The molecule has 2 aliphatic heterocycles. The molecule has 0 amide bonds. The lowest BCUT2D eigenvalue weighted by molar-refractivity contribution is 0.00578. The fraction of sp³-hybridized carbons (Fsp3) is 0.909. The summed E-state index contributed by atoms with van der Waals surface area (Å²) in [5, 5.41) is 0. The molecule has 0 aromatic carbocycles. The molecule has 6 heteroatoms. The maximum Gasteiger partial charge on any atom is 0.461 e. The van der Waals surface area contributed by atoms with Crippen LogP contribution in [0.15, 0.2) is 12.2 Å². The van der Waals surface area contributed by atoms with Crippen molar-refractivity contribution in [1.82, 2.24) is 0 Å². The van der Waals surface area contributed by atoms with Gasteiger partial charge in [-0.15, -0.1) is 0 Å². The van der Waals surface area contributed by atoms with Crippen LogP contribution in [0, 0.1) is 23.7 Å². The summed E-state index contributed by atoms with van der Waals surface area (Å²) in [5.74, 6) is 3.34. The van der Waals surface area contributed by atoms with Gasteiger partial charge >= 0.3 is 14.2 Å². The molecule has 5 rings (SSSR count). The first-order valence-electron chi connectivity index (χ1n) is 11.2. The predicted molar refractivity (Wildman–Crippen MR) is 112 cm³/mol. The maximum atomic E-state index is 6.60. The van der Waals surface area contributed by atoms with Gasteiger partial charge in [-0.3, -0.25) is 0 Å². The van der Waals surface area contributed by atoms with E-state index < -0.39 is 0 Å². The second-order valence-corrected chi connectivity index (χ2v) is 11.9. The first-order valence-corrected chi connectivity index (χ1v) is 11.2. The van der Waals surface area contributed by atoms with Crippen molar-refractivity contribution in [2.24, 2.45) is 23.7 Å².